The van der Waals surface area contributed by atoms with Gasteiger partial charge < -0.3 is 9.47 Å². The first-order valence-electron chi connectivity index (χ1n) is 7.03. The number of aromatic nitrogens is 2. The standard InChI is InChI=1S/C13H23BrN2O5SSi/c1-20-13(17)12-11(14)10(8-22(2,18)19)16(15-12)9-21-6-7-23(3,4)5/h6-9H2,1-5H3. The second kappa shape index (κ2) is 7.91. The van der Waals surface area contributed by atoms with Crippen LogP contribution >= 0.6 is 15.9 Å². The molecule has 0 amide bonds. The number of hydrogen-bond donors (Lipinski definition) is 0. The highest BCUT2D eigenvalue weighted by Gasteiger charge is 2.24. The zero-order valence-corrected chi connectivity index (χ0v) is 17.5. The summed E-state index contributed by atoms with van der Waals surface area (Å²) in [5.41, 5.74) is 0.417. The molecule has 0 saturated carbocycles. The van der Waals surface area contributed by atoms with E-state index in [0.717, 1.165) is 12.3 Å². The molecule has 0 aliphatic rings. The Morgan fingerprint density at radius 1 is 1.35 bits per heavy atom. The van der Waals surface area contributed by atoms with E-state index in [0.29, 0.717) is 16.8 Å². The van der Waals surface area contributed by atoms with Gasteiger partial charge in [-0.15, -0.1) is 0 Å². The second-order valence-corrected chi connectivity index (χ2v) is 15.1. The fraction of sp³-hybridized carbons (Fsp3) is 0.692. The van der Waals surface area contributed by atoms with Crippen molar-refractivity contribution in [2.45, 2.75) is 38.2 Å². The van der Waals surface area contributed by atoms with Gasteiger partial charge in [-0.1, -0.05) is 19.6 Å². The highest BCUT2D eigenvalue weighted by atomic mass is 79.9. The van der Waals surface area contributed by atoms with Crippen LogP contribution in [0.25, 0.3) is 0 Å². The summed E-state index contributed by atoms with van der Waals surface area (Å²) < 4.78 is 35.2. The zero-order valence-electron chi connectivity index (χ0n) is 14.1. The van der Waals surface area contributed by atoms with Gasteiger partial charge >= 0.3 is 5.97 Å². The summed E-state index contributed by atoms with van der Waals surface area (Å²) in [7, 11) is -3.25. The van der Waals surface area contributed by atoms with Crippen molar-refractivity contribution < 1.29 is 22.7 Å². The quantitative estimate of drug-likeness (QED) is 0.359. The summed E-state index contributed by atoms with van der Waals surface area (Å²) in [6.45, 7) is 7.38. The Morgan fingerprint density at radius 3 is 2.43 bits per heavy atom. The Labute approximate surface area is 146 Å². The van der Waals surface area contributed by atoms with Gasteiger partial charge in [0.25, 0.3) is 0 Å². The number of carbonyl (C=O) groups excluding carboxylic acids is 1. The lowest BCUT2D eigenvalue weighted by Crippen LogP contribution is -2.22. The van der Waals surface area contributed by atoms with Crippen molar-refractivity contribution in [1.82, 2.24) is 9.78 Å². The van der Waals surface area contributed by atoms with E-state index < -0.39 is 23.9 Å². The number of methoxy groups -OCH3 is 1. The van der Waals surface area contributed by atoms with Crippen molar-refractivity contribution in [2.75, 3.05) is 20.0 Å². The van der Waals surface area contributed by atoms with Crippen LogP contribution in [0.4, 0.5) is 0 Å². The van der Waals surface area contributed by atoms with Gasteiger partial charge in [-0.2, -0.15) is 5.10 Å². The minimum Gasteiger partial charge on any atom is -0.464 e. The Hall–Kier alpha value is -0.713. The van der Waals surface area contributed by atoms with Crippen LogP contribution in [0.5, 0.6) is 0 Å². The van der Waals surface area contributed by atoms with Gasteiger partial charge in [-0.3, -0.25) is 0 Å². The maximum absolute atomic E-state index is 11.7. The highest BCUT2D eigenvalue weighted by molar-refractivity contribution is 9.10. The van der Waals surface area contributed by atoms with Crippen LogP contribution in [-0.2, 0) is 31.8 Å². The van der Waals surface area contributed by atoms with Crippen molar-refractivity contribution in [3.8, 4) is 0 Å². The molecular formula is C13H23BrN2O5SSi. The van der Waals surface area contributed by atoms with E-state index in [1.807, 2.05) is 0 Å². The maximum atomic E-state index is 11.7. The van der Waals surface area contributed by atoms with Gasteiger partial charge in [-0.05, 0) is 22.0 Å². The Kier molecular flexibility index (Phi) is 6.99. The van der Waals surface area contributed by atoms with Crippen LogP contribution in [0.2, 0.25) is 25.7 Å². The molecule has 0 bridgehead atoms. The van der Waals surface area contributed by atoms with Gasteiger partial charge in [0.1, 0.15) is 6.73 Å². The molecule has 0 fully saturated rings. The molecule has 0 aliphatic heterocycles. The number of rotatable bonds is 8. The molecule has 7 nitrogen and oxygen atoms in total. The fourth-order valence-corrected chi connectivity index (χ4v) is 4.04. The summed E-state index contributed by atoms with van der Waals surface area (Å²) in [5, 5.41) is 4.12. The molecule has 0 aromatic carbocycles. The Balaban J connectivity index is 2.97. The number of carbonyl (C=O) groups is 1. The third-order valence-electron chi connectivity index (χ3n) is 2.98. The average Bonchev–Trinajstić information content (AvgIpc) is 2.69. The minimum atomic E-state index is -3.29. The monoisotopic (exact) mass is 426 g/mol. The van der Waals surface area contributed by atoms with Crippen LogP contribution in [0.1, 0.15) is 16.2 Å². The van der Waals surface area contributed by atoms with Crippen LogP contribution in [0.15, 0.2) is 4.47 Å². The van der Waals surface area contributed by atoms with Crippen LogP contribution in [0.3, 0.4) is 0 Å². The average molecular weight is 427 g/mol. The molecule has 0 N–H and O–H groups in total. The maximum Gasteiger partial charge on any atom is 0.359 e. The summed E-state index contributed by atoms with van der Waals surface area (Å²) in [4.78, 5) is 11.7. The number of halogens is 1. The van der Waals surface area contributed by atoms with E-state index in [-0.39, 0.29) is 18.2 Å². The predicted octanol–water partition coefficient (Wildman–Crippen LogP) is 2.29. The summed E-state index contributed by atoms with van der Waals surface area (Å²) in [6, 6.07) is 0.987. The van der Waals surface area contributed by atoms with Crippen LogP contribution in [-0.4, -0.2) is 52.2 Å². The second-order valence-electron chi connectivity index (χ2n) is 6.52. The zero-order chi connectivity index (χ0) is 17.8. The van der Waals surface area contributed by atoms with E-state index >= 15 is 0 Å². The molecule has 0 radical (unpaired) electrons. The molecule has 0 saturated heterocycles. The summed E-state index contributed by atoms with van der Waals surface area (Å²) in [5.74, 6) is -0.873. The van der Waals surface area contributed by atoms with Gasteiger partial charge in [0.05, 0.1) is 23.0 Å². The number of esters is 1. The number of hydrogen-bond acceptors (Lipinski definition) is 6. The topological polar surface area (TPSA) is 87.5 Å². The largest absolute Gasteiger partial charge is 0.464 e. The number of nitrogens with zero attached hydrogens (tertiary/aromatic N) is 2. The van der Waals surface area contributed by atoms with Crippen molar-refractivity contribution >= 4 is 39.8 Å². The molecule has 23 heavy (non-hydrogen) atoms. The lowest BCUT2D eigenvalue weighted by atomic mass is 10.4. The predicted molar refractivity (Wildman–Crippen MR) is 93.9 cm³/mol. The first-order chi connectivity index (χ1) is 10.4. The van der Waals surface area contributed by atoms with Gasteiger partial charge in [0, 0.05) is 20.9 Å². The van der Waals surface area contributed by atoms with E-state index in [1.54, 1.807) is 0 Å². The first-order valence-corrected chi connectivity index (χ1v) is 13.6. The molecule has 132 valence electrons. The minimum absolute atomic E-state index is 0.0416. The van der Waals surface area contributed by atoms with Crippen LogP contribution < -0.4 is 0 Å². The van der Waals surface area contributed by atoms with Crippen LogP contribution in [0, 0.1) is 0 Å². The fourth-order valence-electron chi connectivity index (χ4n) is 1.72. The highest BCUT2D eigenvalue weighted by Crippen LogP contribution is 2.24. The van der Waals surface area contributed by atoms with E-state index in [2.05, 4.69) is 45.4 Å². The van der Waals surface area contributed by atoms with Crippen molar-refractivity contribution in [1.29, 1.82) is 0 Å². The lowest BCUT2D eigenvalue weighted by molar-refractivity contribution is 0.0581. The number of ether oxygens (including phenoxy) is 2. The molecular weight excluding hydrogens is 404 g/mol. The van der Waals surface area contributed by atoms with Gasteiger partial charge in [-0.25, -0.2) is 17.9 Å². The van der Waals surface area contributed by atoms with Crippen molar-refractivity contribution in [3.05, 3.63) is 15.9 Å². The molecule has 1 rings (SSSR count). The SMILES string of the molecule is COC(=O)c1nn(COCC[Si](C)(C)C)c(CS(C)(=O)=O)c1Br. The van der Waals surface area contributed by atoms with Gasteiger partial charge in [0.2, 0.25) is 0 Å². The number of sulfone groups is 1. The van der Waals surface area contributed by atoms with Crippen molar-refractivity contribution in [3.63, 3.8) is 0 Å². The molecule has 1 heterocycles. The normalized spacial score (nSPS) is 12.4. The summed E-state index contributed by atoms with van der Waals surface area (Å²) >= 11 is 3.24. The van der Waals surface area contributed by atoms with Crippen molar-refractivity contribution in [2.24, 2.45) is 0 Å². The molecule has 0 unspecified atom stereocenters. The third kappa shape index (κ3) is 6.74. The molecule has 1 aromatic rings. The molecule has 1 aromatic heterocycles. The smallest absolute Gasteiger partial charge is 0.359 e. The Morgan fingerprint density at radius 2 is 1.96 bits per heavy atom. The molecule has 0 spiro atoms. The summed E-state index contributed by atoms with van der Waals surface area (Å²) in [6.07, 6.45) is 1.13. The van der Waals surface area contributed by atoms with Gasteiger partial charge in [0.15, 0.2) is 15.5 Å². The van der Waals surface area contributed by atoms with E-state index in [9.17, 15) is 13.2 Å². The van der Waals surface area contributed by atoms with E-state index in [4.69, 9.17) is 4.74 Å². The molecule has 10 heteroatoms. The lowest BCUT2D eigenvalue weighted by Gasteiger charge is -2.15. The van der Waals surface area contributed by atoms with E-state index in [1.165, 1.54) is 11.8 Å². The Bertz CT molecular complexity index is 667. The third-order valence-corrected chi connectivity index (χ3v) is 6.32. The molecule has 0 atom stereocenters. The molecule has 0 aliphatic carbocycles. The first kappa shape index (κ1) is 20.3.